The highest BCUT2D eigenvalue weighted by molar-refractivity contribution is 14.1. The highest BCUT2D eigenvalue weighted by Crippen LogP contribution is 2.26. The number of carbonyl (C=O) groups excluding carboxylic acids is 1. The van der Waals surface area contributed by atoms with Crippen molar-refractivity contribution < 1.29 is 14.3 Å². The fourth-order valence-corrected chi connectivity index (χ4v) is 2.73. The number of carbonyl (C=O) groups is 1. The first-order chi connectivity index (χ1) is 9.87. The number of anilines is 1. The Bertz CT molecular complexity index is 496. The fraction of sp³-hybridized carbons (Fsp3) is 0.600. The minimum Gasteiger partial charge on any atom is -0.443 e. The molecule has 116 valence electrons. The average molecular weight is 404 g/mol. The summed E-state index contributed by atoms with van der Waals surface area (Å²) in [5.74, 6) is 0.341. The van der Waals surface area contributed by atoms with Gasteiger partial charge in [-0.1, -0.05) is 0 Å². The predicted molar refractivity (Wildman–Crippen MR) is 89.5 cm³/mol. The molecular weight excluding hydrogens is 383 g/mol. The van der Waals surface area contributed by atoms with Crippen LogP contribution in [0.4, 0.5) is 10.5 Å². The van der Waals surface area contributed by atoms with Gasteiger partial charge in [-0.15, -0.1) is 0 Å². The van der Waals surface area contributed by atoms with Gasteiger partial charge in [0.05, 0.1) is 18.5 Å². The maximum atomic E-state index is 12.5. The lowest BCUT2D eigenvalue weighted by atomic mass is 10.1. The molecule has 0 spiro atoms. The molecule has 1 amide bonds. The second kappa shape index (κ2) is 6.91. The summed E-state index contributed by atoms with van der Waals surface area (Å²) in [6.45, 7) is 7.66. The number of ether oxygens (including phenoxy) is 2. The molecule has 5 nitrogen and oxygen atoms in total. The van der Waals surface area contributed by atoms with Crippen LogP contribution in [0, 0.1) is 9.49 Å². The molecular formula is C15H21IN2O3. The summed E-state index contributed by atoms with van der Waals surface area (Å²) in [5, 5.41) is 0. The second-order valence-electron chi connectivity index (χ2n) is 6.15. The van der Waals surface area contributed by atoms with Crippen LogP contribution >= 0.6 is 22.6 Å². The molecule has 1 aromatic heterocycles. The van der Waals surface area contributed by atoms with E-state index in [1.165, 1.54) is 0 Å². The zero-order chi connectivity index (χ0) is 15.5. The van der Waals surface area contributed by atoms with Crippen molar-refractivity contribution in [3.63, 3.8) is 0 Å². The van der Waals surface area contributed by atoms with Gasteiger partial charge >= 0.3 is 6.09 Å². The number of pyridine rings is 1. The van der Waals surface area contributed by atoms with Crippen LogP contribution in [0.1, 0.15) is 27.2 Å². The van der Waals surface area contributed by atoms with Crippen LogP contribution in [-0.4, -0.2) is 36.4 Å². The fourth-order valence-electron chi connectivity index (χ4n) is 2.14. The zero-order valence-electron chi connectivity index (χ0n) is 12.6. The molecule has 1 aliphatic rings. The molecule has 0 aromatic carbocycles. The SMILES string of the molecule is CC(C)(C)OC(=O)N(CC1CCOC1)c1cnccc1I. The van der Waals surface area contributed by atoms with Crippen LogP contribution in [0.25, 0.3) is 0 Å². The Kier molecular flexibility index (Phi) is 5.43. The van der Waals surface area contributed by atoms with Crippen molar-refractivity contribution in [3.8, 4) is 0 Å². The maximum Gasteiger partial charge on any atom is 0.414 e. The van der Waals surface area contributed by atoms with Gasteiger partial charge in [0.15, 0.2) is 0 Å². The van der Waals surface area contributed by atoms with Crippen LogP contribution in [0.2, 0.25) is 0 Å². The summed E-state index contributed by atoms with van der Waals surface area (Å²) in [6.07, 6.45) is 4.06. The van der Waals surface area contributed by atoms with Crippen molar-refractivity contribution >= 4 is 34.4 Å². The van der Waals surface area contributed by atoms with Gasteiger partial charge in [-0.25, -0.2) is 4.79 Å². The lowest BCUT2D eigenvalue weighted by Crippen LogP contribution is -2.40. The number of rotatable bonds is 3. The van der Waals surface area contributed by atoms with Gasteiger partial charge in [-0.3, -0.25) is 9.88 Å². The lowest BCUT2D eigenvalue weighted by molar-refractivity contribution is 0.0573. The predicted octanol–water partition coefficient (Wildman–Crippen LogP) is 3.46. The van der Waals surface area contributed by atoms with Crippen molar-refractivity contribution in [2.45, 2.75) is 32.8 Å². The molecule has 0 aliphatic carbocycles. The highest BCUT2D eigenvalue weighted by atomic mass is 127. The van der Waals surface area contributed by atoms with Gasteiger partial charge in [0.1, 0.15) is 5.60 Å². The Labute approximate surface area is 139 Å². The number of hydrogen-bond donors (Lipinski definition) is 0. The topological polar surface area (TPSA) is 51.7 Å². The molecule has 1 fully saturated rings. The number of aromatic nitrogens is 1. The van der Waals surface area contributed by atoms with Crippen LogP contribution in [-0.2, 0) is 9.47 Å². The van der Waals surface area contributed by atoms with Gasteiger partial charge in [0.25, 0.3) is 0 Å². The van der Waals surface area contributed by atoms with E-state index in [4.69, 9.17) is 9.47 Å². The molecule has 21 heavy (non-hydrogen) atoms. The Morgan fingerprint density at radius 1 is 1.57 bits per heavy atom. The summed E-state index contributed by atoms with van der Waals surface area (Å²) < 4.78 is 11.9. The minimum atomic E-state index is -0.519. The smallest absolute Gasteiger partial charge is 0.414 e. The Morgan fingerprint density at radius 2 is 2.33 bits per heavy atom. The summed E-state index contributed by atoms with van der Waals surface area (Å²) in [6, 6.07) is 1.89. The first kappa shape index (κ1) is 16.5. The van der Waals surface area contributed by atoms with Crippen molar-refractivity contribution in [3.05, 3.63) is 22.0 Å². The van der Waals surface area contributed by atoms with E-state index in [9.17, 15) is 4.79 Å². The summed E-state index contributed by atoms with van der Waals surface area (Å²) in [7, 11) is 0. The molecule has 1 saturated heterocycles. The van der Waals surface area contributed by atoms with Crippen LogP contribution in [0.3, 0.4) is 0 Å². The van der Waals surface area contributed by atoms with Gasteiger partial charge in [0.2, 0.25) is 0 Å². The number of nitrogens with zero attached hydrogens (tertiary/aromatic N) is 2. The molecule has 2 rings (SSSR count). The van der Waals surface area contributed by atoms with Gasteiger partial charge in [-0.05, 0) is 55.8 Å². The van der Waals surface area contributed by atoms with Crippen LogP contribution in [0.15, 0.2) is 18.5 Å². The summed E-state index contributed by atoms with van der Waals surface area (Å²) >= 11 is 2.21. The molecule has 1 aromatic rings. The van der Waals surface area contributed by atoms with Crippen LogP contribution in [0.5, 0.6) is 0 Å². The largest absolute Gasteiger partial charge is 0.443 e. The Hall–Kier alpha value is -0.890. The van der Waals surface area contributed by atoms with Gasteiger partial charge < -0.3 is 9.47 Å². The molecule has 0 saturated carbocycles. The first-order valence-electron chi connectivity index (χ1n) is 7.04. The number of halogens is 1. The van der Waals surface area contributed by atoms with E-state index in [2.05, 4.69) is 27.6 Å². The standard InChI is InChI=1S/C15H21IN2O3/c1-15(2,3)21-14(19)18(9-11-5-7-20-10-11)13-8-17-6-4-12(13)16/h4,6,8,11H,5,7,9-10H2,1-3H3. The highest BCUT2D eigenvalue weighted by Gasteiger charge is 2.28. The van der Waals surface area contributed by atoms with E-state index in [0.717, 1.165) is 22.3 Å². The molecule has 2 heterocycles. The minimum absolute atomic E-state index is 0.333. The quantitative estimate of drug-likeness (QED) is 0.725. The third kappa shape index (κ3) is 4.81. The average Bonchev–Trinajstić information content (AvgIpc) is 2.88. The third-order valence-electron chi connectivity index (χ3n) is 3.12. The first-order valence-corrected chi connectivity index (χ1v) is 8.12. The Balaban J connectivity index is 2.21. The van der Waals surface area contributed by atoms with E-state index < -0.39 is 5.60 Å². The van der Waals surface area contributed by atoms with Crippen molar-refractivity contribution in [2.75, 3.05) is 24.7 Å². The number of amides is 1. The number of hydrogen-bond acceptors (Lipinski definition) is 4. The molecule has 0 bridgehead atoms. The van der Waals surface area contributed by atoms with Crippen molar-refractivity contribution in [2.24, 2.45) is 5.92 Å². The van der Waals surface area contributed by atoms with Crippen molar-refractivity contribution in [1.82, 2.24) is 4.98 Å². The van der Waals surface area contributed by atoms with E-state index >= 15 is 0 Å². The summed E-state index contributed by atoms with van der Waals surface area (Å²) in [5.41, 5.74) is 0.272. The monoisotopic (exact) mass is 404 g/mol. The van der Waals surface area contributed by atoms with E-state index in [0.29, 0.717) is 19.1 Å². The molecule has 1 unspecified atom stereocenters. The zero-order valence-corrected chi connectivity index (χ0v) is 14.8. The normalized spacial score (nSPS) is 18.6. The maximum absolute atomic E-state index is 12.5. The van der Waals surface area contributed by atoms with Crippen molar-refractivity contribution in [1.29, 1.82) is 0 Å². The molecule has 0 radical (unpaired) electrons. The Morgan fingerprint density at radius 3 is 2.90 bits per heavy atom. The van der Waals surface area contributed by atoms with Gasteiger partial charge in [-0.2, -0.15) is 0 Å². The summed E-state index contributed by atoms with van der Waals surface area (Å²) in [4.78, 5) is 18.3. The molecule has 6 heteroatoms. The van der Waals surface area contributed by atoms with E-state index in [1.807, 2.05) is 26.8 Å². The lowest BCUT2D eigenvalue weighted by Gasteiger charge is -2.29. The van der Waals surface area contributed by atoms with Crippen LogP contribution < -0.4 is 4.90 Å². The van der Waals surface area contributed by atoms with E-state index in [-0.39, 0.29) is 6.09 Å². The molecule has 1 aliphatic heterocycles. The third-order valence-corrected chi connectivity index (χ3v) is 4.03. The van der Waals surface area contributed by atoms with Gasteiger partial charge in [0, 0.05) is 28.8 Å². The molecule has 0 N–H and O–H groups in total. The second-order valence-corrected chi connectivity index (χ2v) is 7.31. The van der Waals surface area contributed by atoms with E-state index in [1.54, 1.807) is 17.3 Å². The molecule has 1 atom stereocenters.